The Bertz CT molecular complexity index is 1890. The van der Waals surface area contributed by atoms with Crippen molar-refractivity contribution in [3.05, 3.63) is 94.9 Å². The van der Waals surface area contributed by atoms with Gasteiger partial charge in [-0.15, -0.1) is 0 Å². The Hall–Kier alpha value is -6.21. The molecule has 344 valence electrons. The zero-order chi connectivity index (χ0) is 47.7. The average molecular weight is 885 g/mol. The molecule has 2 saturated heterocycles. The Morgan fingerprint density at radius 3 is 1.15 bits per heavy atom. The maximum Gasteiger partial charge on any atom is 0.338 e. The van der Waals surface area contributed by atoms with Gasteiger partial charge in [0, 0.05) is 9.93 Å². The van der Waals surface area contributed by atoms with E-state index in [1.165, 1.54) is 0 Å². The molecule has 26 heteroatoms. The smallest absolute Gasteiger partial charge is 0.338 e. The Balaban J connectivity index is 0.000000743. The van der Waals surface area contributed by atoms with Crippen molar-refractivity contribution in [2.24, 2.45) is 0 Å². The fourth-order valence-corrected chi connectivity index (χ4v) is 4.78. The van der Waals surface area contributed by atoms with Gasteiger partial charge in [-0.1, -0.05) is 36.4 Å². The first-order valence-corrected chi connectivity index (χ1v) is 17.3. The molecule has 1 aromatic heterocycles. The molecule has 25 N–H and O–H groups in total. The number of nitrogens with zero attached hydrogens (tertiary/aromatic N) is 2. The third-order valence-electron chi connectivity index (χ3n) is 8.15. The molecular formula is C36H52N8O18. The topological polar surface area (TPSA) is 515 Å². The highest BCUT2D eigenvalue weighted by Gasteiger charge is 2.43. The van der Waals surface area contributed by atoms with E-state index < -0.39 is 74.3 Å². The van der Waals surface area contributed by atoms with Crippen LogP contribution >= 0.6 is 0 Å². The second-order valence-corrected chi connectivity index (χ2v) is 12.2. The van der Waals surface area contributed by atoms with E-state index in [4.69, 9.17) is 111 Å². The molecule has 0 saturated carbocycles. The molecule has 0 bridgehead atoms. The van der Waals surface area contributed by atoms with E-state index in [0.717, 1.165) is 22.1 Å². The van der Waals surface area contributed by atoms with Crippen LogP contribution in [0.15, 0.2) is 84.9 Å². The summed E-state index contributed by atoms with van der Waals surface area (Å²) in [5, 5.41) is 104. The van der Waals surface area contributed by atoms with E-state index >= 15 is 0 Å². The number of nitrogen functional groups attached to an aromatic ring is 6. The van der Waals surface area contributed by atoms with Crippen molar-refractivity contribution < 1.29 is 81.3 Å². The summed E-state index contributed by atoms with van der Waals surface area (Å²) >= 11 is 0. The molecule has 4 unspecified atom stereocenters. The molecule has 0 aliphatic carbocycles. The minimum absolute atomic E-state index is 0.526. The minimum atomic E-state index is -1.73. The van der Waals surface area contributed by atoms with Gasteiger partial charge in [0.05, 0.1) is 69.4 Å². The number of aromatic nitrogens is 2. The number of nitrogens with two attached hydrogens (primary N) is 6. The van der Waals surface area contributed by atoms with Gasteiger partial charge in [-0.05, 0) is 48.5 Å². The summed E-state index contributed by atoms with van der Waals surface area (Å²) in [6.45, 7) is -1.11. The van der Waals surface area contributed by atoms with Crippen LogP contribution in [0.1, 0.15) is 0 Å². The summed E-state index contributed by atoms with van der Waals surface area (Å²) in [7, 11) is 0. The Morgan fingerprint density at radius 1 is 0.468 bits per heavy atom. The van der Waals surface area contributed by atoms with E-state index in [2.05, 4.69) is 19.4 Å². The van der Waals surface area contributed by atoms with E-state index in [9.17, 15) is 4.79 Å². The number of carbonyl (C=O) groups excluding carboxylic acids is 1. The van der Waals surface area contributed by atoms with Crippen molar-refractivity contribution in [1.29, 1.82) is 0 Å². The second-order valence-electron chi connectivity index (χ2n) is 12.2. The lowest BCUT2D eigenvalue weighted by Gasteiger charge is -2.37. The molecule has 2 aliphatic rings. The lowest BCUT2D eigenvalue weighted by molar-refractivity contribution is -0.286. The van der Waals surface area contributed by atoms with E-state index in [0.29, 0.717) is 34.1 Å². The SMILES string of the molecule is Nc1cc2nc3ccccc3nc2cc1N.Nc1ccccc1N.Nc1ccccc1N.O=C1OC(CO)[C@@H](O)[C@H](O)C1O.O=O.OCC1O[C@@H](O)C(O)[C@@H](O)[C@@H]1O.OO.OO. The summed E-state index contributed by atoms with van der Waals surface area (Å²) < 4.78 is 8.96. The molecule has 26 nitrogen and oxygen atoms in total. The molecule has 0 amide bonds. The van der Waals surface area contributed by atoms with Gasteiger partial charge in [0.2, 0.25) is 0 Å². The number of ether oxygens (including phenoxy) is 2. The van der Waals surface area contributed by atoms with Crippen molar-refractivity contribution in [1.82, 2.24) is 9.97 Å². The van der Waals surface area contributed by atoms with Crippen LogP contribution in [0.5, 0.6) is 0 Å². The molecule has 7 rings (SSSR count). The quantitative estimate of drug-likeness (QED) is 0.0287. The fourth-order valence-electron chi connectivity index (χ4n) is 4.78. The number of fused-ring (bicyclic) bond motifs is 2. The first kappa shape index (κ1) is 55.8. The van der Waals surface area contributed by atoms with Crippen molar-refractivity contribution in [2.75, 3.05) is 47.6 Å². The lowest BCUT2D eigenvalue weighted by atomic mass is 10.00. The normalized spacial score (nSPS) is 23.2. The van der Waals surface area contributed by atoms with Crippen molar-refractivity contribution >= 4 is 62.2 Å². The number of aliphatic hydroxyl groups is 9. The van der Waals surface area contributed by atoms with E-state index in [-0.39, 0.29) is 0 Å². The summed E-state index contributed by atoms with van der Waals surface area (Å²) in [6.07, 6.45) is -13.0. The fraction of sp³-hybridized carbons (Fsp3) is 0.306. The minimum Gasteiger partial charge on any atom is -0.455 e. The highest BCUT2D eigenvalue weighted by atomic mass is 17.0. The number of rotatable bonds is 2. The van der Waals surface area contributed by atoms with Crippen molar-refractivity contribution in [3.63, 3.8) is 0 Å². The molecule has 2 aliphatic heterocycles. The highest BCUT2D eigenvalue weighted by Crippen LogP contribution is 2.23. The lowest BCUT2D eigenvalue weighted by Crippen LogP contribution is -2.58. The standard InChI is InChI=1S/C12H10N4.2C6H8N2.C6H12O6.C6H10O6.2H2O2.O2/c13-7-5-11-12(6-8(7)14)16-10-4-2-1-3-9(10)15-11;2*7-5-3-1-2-4-6(5)8;2*7-1-2-3(8)4(9)5(10)6(11)12-2;3*1-2/h1-6H,13-14H2;2*1-4H,7-8H2;2-11H,1H2;2-5,7-10H,1H2;2*1-2H;/t;;;2?,3-,4+,5?,6-;2?,3-,4+,5?;;;/m...11.../s1. The number of hydrogen-bond acceptors (Lipinski definition) is 26. The van der Waals surface area contributed by atoms with E-state index in [1.54, 1.807) is 36.4 Å². The Labute approximate surface area is 350 Å². The summed E-state index contributed by atoms with van der Waals surface area (Å²) in [4.78, 5) is 33.6. The van der Waals surface area contributed by atoms with Gasteiger partial charge in [0.1, 0.15) is 36.6 Å². The van der Waals surface area contributed by atoms with Crippen LogP contribution in [0.2, 0.25) is 0 Å². The molecular weight excluding hydrogens is 832 g/mol. The number of para-hydroxylation sites is 6. The van der Waals surface area contributed by atoms with Gasteiger partial charge in [-0.2, -0.15) is 0 Å². The van der Waals surface area contributed by atoms with Crippen LogP contribution in [-0.4, -0.2) is 151 Å². The average Bonchev–Trinajstić information content (AvgIpc) is 3.29. The Kier molecular flexibility index (Phi) is 26.2. The maximum atomic E-state index is 10.7. The highest BCUT2D eigenvalue weighted by molar-refractivity contribution is 5.91. The number of esters is 1. The molecule has 9 atom stereocenters. The summed E-state index contributed by atoms with van der Waals surface area (Å²) in [6, 6.07) is 25.7. The molecule has 5 aromatic rings. The largest absolute Gasteiger partial charge is 0.455 e. The van der Waals surface area contributed by atoms with Gasteiger partial charge < -0.3 is 89.8 Å². The third kappa shape index (κ3) is 16.7. The molecule has 2 fully saturated rings. The van der Waals surface area contributed by atoms with E-state index in [1.807, 2.05) is 48.5 Å². The molecule has 0 radical (unpaired) electrons. The van der Waals surface area contributed by atoms with Crippen molar-refractivity contribution in [2.45, 2.75) is 55.1 Å². The Morgan fingerprint density at radius 2 is 0.806 bits per heavy atom. The number of cyclic esters (lactones) is 1. The third-order valence-corrected chi connectivity index (χ3v) is 8.15. The van der Waals surface area contributed by atoms with Crippen LogP contribution < -0.4 is 34.4 Å². The predicted molar refractivity (Wildman–Crippen MR) is 225 cm³/mol. The predicted octanol–water partition coefficient (Wildman–Crippen LogP) is -2.48. The van der Waals surface area contributed by atoms with Gasteiger partial charge in [0.25, 0.3) is 0 Å². The zero-order valence-corrected chi connectivity index (χ0v) is 32.4. The zero-order valence-electron chi connectivity index (χ0n) is 32.4. The van der Waals surface area contributed by atoms with Gasteiger partial charge >= 0.3 is 5.97 Å². The first-order chi connectivity index (χ1) is 29.5. The second kappa shape index (κ2) is 29.1. The van der Waals surface area contributed by atoms with Gasteiger partial charge in [-0.3, -0.25) is 21.0 Å². The number of anilines is 6. The molecule has 0 spiro atoms. The number of aliphatic hydroxyl groups excluding tert-OH is 9. The van der Waals surface area contributed by atoms with Crippen molar-refractivity contribution in [3.8, 4) is 0 Å². The van der Waals surface area contributed by atoms with Crippen LogP contribution in [0.4, 0.5) is 34.1 Å². The number of benzene rings is 4. The van der Waals surface area contributed by atoms with Crippen LogP contribution in [0, 0.1) is 9.93 Å². The first-order valence-electron chi connectivity index (χ1n) is 17.3. The number of carbonyl (C=O) groups is 1. The number of hydrogen-bond donors (Lipinski definition) is 19. The summed E-state index contributed by atoms with van der Waals surface area (Å²) in [5.74, 6) is -1.04. The van der Waals surface area contributed by atoms with Crippen LogP contribution in [0.3, 0.4) is 0 Å². The maximum absolute atomic E-state index is 10.7. The van der Waals surface area contributed by atoms with Crippen LogP contribution in [0.25, 0.3) is 22.1 Å². The summed E-state index contributed by atoms with van der Waals surface area (Å²) in [5.41, 5.74) is 40.0. The van der Waals surface area contributed by atoms with Gasteiger partial charge in [-0.25, -0.2) is 14.8 Å². The molecule has 62 heavy (non-hydrogen) atoms. The molecule has 3 heterocycles. The van der Waals surface area contributed by atoms with Gasteiger partial charge in [0.15, 0.2) is 18.5 Å². The molecule has 4 aromatic carbocycles. The van der Waals surface area contributed by atoms with Crippen LogP contribution in [-0.2, 0) is 14.3 Å². The monoisotopic (exact) mass is 884 g/mol.